The summed E-state index contributed by atoms with van der Waals surface area (Å²) in [5.41, 5.74) is 0.164. The number of halogens is 2. The zero-order chi connectivity index (χ0) is 32.0. The van der Waals surface area contributed by atoms with Crippen molar-refractivity contribution in [3.63, 3.8) is 0 Å². The van der Waals surface area contributed by atoms with E-state index in [4.69, 9.17) is 9.47 Å². The van der Waals surface area contributed by atoms with Gasteiger partial charge in [-0.25, -0.2) is 22.2 Å². The maximum Gasteiger partial charge on any atom is 0.308 e. The van der Waals surface area contributed by atoms with Crippen molar-refractivity contribution >= 4 is 44.6 Å². The molecule has 232 valence electrons. The number of carbonyl (C=O) groups is 3. The summed E-state index contributed by atoms with van der Waals surface area (Å²) in [4.78, 5) is 42.3. The number of sulfone groups is 1. The highest BCUT2D eigenvalue weighted by atomic mass is 32.2. The van der Waals surface area contributed by atoms with Crippen LogP contribution in [0.5, 0.6) is 10.8 Å². The van der Waals surface area contributed by atoms with Crippen molar-refractivity contribution in [1.82, 2.24) is 10.3 Å². The number of rotatable bonds is 9. The number of nitrogens with one attached hydrogen (secondary N) is 2. The van der Waals surface area contributed by atoms with Crippen LogP contribution in [0.4, 0.5) is 14.5 Å². The van der Waals surface area contributed by atoms with Gasteiger partial charge < -0.3 is 20.1 Å². The van der Waals surface area contributed by atoms with E-state index in [-0.39, 0.29) is 49.4 Å². The SMILES string of the molecule is COc1cc(F)c(-c2ncc(OC(C)=O)s2)cc1C(=O)N[C@H]1[C@@H](C(=O)Nc2cccc(S(=O)(=O)C(C)(C)F)c2)[C@@H]2C=C[C@H]1C2. The summed E-state index contributed by atoms with van der Waals surface area (Å²) in [7, 11) is -3.01. The molecule has 0 saturated heterocycles. The largest absolute Gasteiger partial charge is 0.496 e. The molecule has 1 saturated carbocycles. The number of anilines is 1. The molecule has 2 N–H and O–H groups in total. The molecule has 2 aliphatic carbocycles. The van der Waals surface area contributed by atoms with Crippen molar-refractivity contribution in [2.24, 2.45) is 17.8 Å². The maximum absolute atomic E-state index is 15.0. The predicted octanol–water partition coefficient (Wildman–Crippen LogP) is 4.92. The molecule has 2 amide bonds. The van der Waals surface area contributed by atoms with Crippen molar-refractivity contribution in [3.05, 3.63) is 66.1 Å². The van der Waals surface area contributed by atoms with E-state index >= 15 is 4.39 Å². The van der Waals surface area contributed by atoms with Crippen molar-refractivity contribution in [2.75, 3.05) is 12.4 Å². The summed E-state index contributed by atoms with van der Waals surface area (Å²) in [6, 6.07) is 7.06. The second-order valence-corrected chi connectivity index (χ2v) is 14.4. The number of esters is 1. The first-order valence-electron chi connectivity index (χ1n) is 13.6. The average Bonchev–Trinajstić information content (AvgIpc) is 3.69. The number of ether oxygens (including phenoxy) is 2. The first kappa shape index (κ1) is 31.3. The van der Waals surface area contributed by atoms with Crippen LogP contribution in [-0.4, -0.2) is 49.3 Å². The minimum atomic E-state index is -4.31. The van der Waals surface area contributed by atoms with Gasteiger partial charge in [0.05, 0.1) is 29.7 Å². The molecular weight excluding hydrogens is 616 g/mol. The number of hydrogen-bond acceptors (Lipinski definition) is 9. The lowest BCUT2D eigenvalue weighted by atomic mass is 9.87. The minimum Gasteiger partial charge on any atom is -0.496 e. The number of alkyl halides is 1. The van der Waals surface area contributed by atoms with E-state index in [9.17, 15) is 27.2 Å². The van der Waals surface area contributed by atoms with Gasteiger partial charge in [-0.05, 0) is 56.4 Å². The van der Waals surface area contributed by atoms with Crippen LogP contribution in [0.2, 0.25) is 0 Å². The molecule has 10 nitrogen and oxygen atoms in total. The molecule has 1 fully saturated rings. The van der Waals surface area contributed by atoms with Crippen molar-refractivity contribution in [2.45, 2.75) is 43.1 Å². The zero-order valence-corrected chi connectivity index (χ0v) is 25.7. The lowest BCUT2D eigenvalue weighted by Gasteiger charge is -2.28. The Morgan fingerprint density at radius 3 is 2.52 bits per heavy atom. The number of amides is 2. The monoisotopic (exact) mass is 645 g/mol. The van der Waals surface area contributed by atoms with Crippen LogP contribution in [0.25, 0.3) is 10.6 Å². The van der Waals surface area contributed by atoms with Crippen LogP contribution in [0, 0.1) is 23.6 Å². The highest BCUT2D eigenvalue weighted by molar-refractivity contribution is 7.92. The van der Waals surface area contributed by atoms with Crippen LogP contribution in [0.15, 0.2) is 59.6 Å². The molecule has 0 aliphatic heterocycles. The van der Waals surface area contributed by atoms with E-state index in [2.05, 4.69) is 15.6 Å². The molecule has 0 radical (unpaired) electrons. The van der Waals surface area contributed by atoms with Gasteiger partial charge in [-0.2, -0.15) is 0 Å². The molecular formula is C30H29F2N3O7S2. The standard InChI is InChI=1S/C30H29F2N3O7S2/c1-15(36)42-24-14-33-29(43-24)20-12-21(23(41-4)13-22(20)31)27(37)35-26-17-9-8-16(10-17)25(26)28(38)34-18-6-5-7-19(11-18)44(39,40)30(2,3)32/h5-9,11-14,16-17,25-26H,10H2,1-4H3,(H,34,38)(H,35,37)/t16-,17+,25+,26-/m1/s1. The lowest BCUT2D eigenvalue weighted by Crippen LogP contribution is -2.47. The number of thiazole rings is 1. The van der Waals surface area contributed by atoms with Crippen molar-refractivity contribution in [1.29, 1.82) is 0 Å². The molecule has 2 aliphatic rings. The highest BCUT2D eigenvalue weighted by Gasteiger charge is 2.49. The van der Waals surface area contributed by atoms with Gasteiger partial charge in [-0.3, -0.25) is 14.4 Å². The quantitative estimate of drug-likeness (QED) is 0.247. The Hall–Kier alpha value is -4.17. The van der Waals surface area contributed by atoms with Gasteiger partial charge in [-0.1, -0.05) is 29.6 Å². The van der Waals surface area contributed by atoms with Crippen LogP contribution in [0.3, 0.4) is 0 Å². The third kappa shape index (κ3) is 5.95. The van der Waals surface area contributed by atoms with E-state index < -0.39 is 50.4 Å². The molecule has 5 rings (SSSR count). The molecule has 2 bridgehead atoms. The zero-order valence-electron chi connectivity index (χ0n) is 24.1. The number of allylic oxidation sites excluding steroid dienone is 1. The van der Waals surface area contributed by atoms with E-state index in [1.807, 2.05) is 12.2 Å². The first-order valence-corrected chi connectivity index (χ1v) is 15.9. The Kier molecular flexibility index (Phi) is 8.33. The van der Waals surface area contributed by atoms with Gasteiger partial charge >= 0.3 is 5.97 Å². The second-order valence-electron chi connectivity index (χ2n) is 11.0. The Labute approximate surface area is 256 Å². The van der Waals surface area contributed by atoms with Gasteiger partial charge in [0.25, 0.3) is 5.91 Å². The third-order valence-electron chi connectivity index (χ3n) is 7.60. The normalized spacial score (nSPS) is 20.8. The highest BCUT2D eigenvalue weighted by Crippen LogP contribution is 2.45. The van der Waals surface area contributed by atoms with Gasteiger partial charge in [-0.15, -0.1) is 0 Å². The number of carbonyl (C=O) groups excluding carboxylic acids is 3. The van der Waals surface area contributed by atoms with Crippen LogP contribution in [-0.2, 0) is 19.4 Å². The molecule has 3 aromatic rings. The van der Waals surface area contributed by atoms with Gasteiger partial charge in [0, 0.05) is 30.3 Å². The molecule has 0 spiro atoms. The van der Waals surface area contributed by atoms with Crippen LogP contribution < -0.4 is 20.1 Å². The summed E-state index contributed by atoms with van der Waals surface area (Å²) in [6.45, 7) is 3.11. The Bertz CT molecular complexity index is 1780. The summed E-state index contributed by atoms with van der Waals surface area (Å²) >= 11 is 0.927. The van der Waals surface area contributed by atoms with Gasteiger partial charge in [0.2, 0.25) is 25.8 Å². The van der Waals surface area contributed by atoms with Crippen LogP contribution in [0.1, 0.15) is 37.6 Å². The topological polar surface area (TPSA) is 141 Å². The second kappa shape index (κ2) is 11.7. The van der Waals surface area contributed by atoms with E-state index in [0.717, 1.165) is 31.3 Å². The minimum absolute atomic E-state index is 0.00536. The molecule has 2 aromatic carbocycles. The summed E-state index contributed by atoms with van der Waals surface area (Å²) < 4.78 is 64.9. The molecule has 4 atom stereocenters. The number of fused-ring (bicyclic) bond motifs is 2. The average molecular weight is 646 g/mol. The maximum atomic E-state index is 15.0. The summed E-state index contributed by atoms with van der Waals surface area (Å²) in [5.74, 6) is -3.41. The summed E-state index contributed by atoms with van der Waals surface area (Å²) in [5, 5.41) is 3.46. The number of aromatic nitrogens is 1. The number of methoxy groups -OCH3 is 1. The van der Waals surface area contributed by atoms with Crippen molar-refractivity contribution < 1.29 is 41.1 Å². The van der Waals surface area contributed by atoms with Gasteiger partial charge in [0.15, 0.2) is 0 Å². The fourth-order valence-electron chi connectivity index (χ4n) is 5.49. The fourth-order valence-corrected chi connectivity index (χ4v) is 7.42. The first-order chi connectivity index (χ1) is 20.7. The van der Waals surface area contributed by atoms with Crippen molar-refractivity contribution in [3.8, 4) is 21.4 Å². The molecule has 44 heavy (non-hydrogen) atoms. The Morgan fingerprint density at radius 1 is 1.11 bits per heavy atom. The number of hydrogen-bond donors (Lipinski definition) is 2. The fraction of sp³-hybridized carbons (Fsp3) is 0.333. The van der Waals surface area contributed by atoms with E-state index in [1.165, 1.54) is 50.6 Å². The molecule has 1 heterocycles. The molecule has 0 unspecified atom stereocenters. The predicted molar refractivity (Wildman–Crippen MR) is 158 cm³/mol. The van der Waals surface area contributed by atoms with E-state index in [0.29, 0.717) is 6.42 Å². The summed E-state index contributed by atoms with van der Waals surface area (Å²) in [6.07, 6.45) is 5.72. The van der Waals surface area contributed by atoms with Crippen LogP contribution >= 0.6 is 11.3 Å². The lowest BCUT2D eigenvalue weighted by molar-refractivity contribution is -0.131. The molecule has 1 aromatic heterocycles. The number of nitrogens with zero attached hydrogens (tertiary/aromatic N) is 1. The number of benzene rings is 2. The third-order valence-corrected chi connectivity index (χ3v) is 10.7. The van der Waals surface area contributed by atoms with Gasteiger partial charge in [0.1, 0.15) is 16.6 Å². The Morgan fingerprint density at radius 2 is 1.84 bits per heavy atom. The Balaban J connectivity index is 1.39. The smallest absolute Gasteiger partial charge is 0.308 e. The van der Waals surface area contributed by atoms with E-state index in [1.54, 1.807) is 0 Å². The molecule has 14 heteroatoms.